The number of nitrogens with two attached hydrogens (primary N) is 1. The molecule has 5 heteroatoms. The quantitative estimate of drug-likeness (QED) is 0.603. The second kappa shape index (κ2) is 8.00. The number of ether oxygens (including phenoxy) is 4. The van der Waals surface area contributed by atoms with E-state index in [4.69, 9.17) is 24.7 Å². The SMILES string of the molecule is COCCOC1C(N)CC1OCCOC(C)C. The van der Waals surface area contributed by atoms with Gasteiger partial charge in [0.05, 0.1) is 44.7 Å². The molecule has 0 aromatic carbocycles. The average Bonchev–Trinajstić information content (AvgIpc) is 2.28. The molecule has 0 heterocycles. The average molecular weight is 247 g/mol. The van der Waals surface area contributed by atoms with Gasteiger partial charge in [0.1, 0.15) is 0 Å². The third kappa shape index (κ3) is 5.31. The Morgan fingerprint density at radius 1 is 1.12 bits per heavy atom. The predicted octanol–water partition coefficient (Wildman–Crippen LogP) is 0.559. The molecule has 1 aliphatic rings. The van der Waals surface area contributed by atoms with E-state index in [1.54, 1.807) is 7.11 Å². The first kappa shape index (κ1) is 14.9. The van der Waals surface area contributed by atoms with Crippen molar-refractivity contribution in [1.82, 2.24) is 0 Å². The fourth-order valence-corrected chi connectivity index (χ4v) is 1.76. The summed E-state index contributed by atoms with van der Waals surface area (Å²) >= 11 is 0. The van der Waals surface area contributed by atoms with Crippen LogP contribution in [0.25, 0.3) is 0 Å². The molecule has 0 aromatic heterocycles. The first-order chi connectivity index (χ1) is 8.15. The van der Waals surface area contributed by atoms with E-state index < -0.39 is 0 Å². The molecule has 17 heavy (non-hydrogen) atoms. The van der Waals surface area contributed by atoms with Crippen molar-refractivity contribution >= 4 is 0 Å². The molecule has 1 saturated carbocycles. The minimum atomic E-state index is 0.00389. The van der Waals surface area contributed by atoms with Gasteiger partial charge in [0.2, 0.25) is 0 Å². The zero-order valence-corrected chi connectivity index (χ0v) is 11.1. The highest BCUT2D eigenvalue weighted by molar-refractivity contribution is 4.95. The van der Waals surface area contributed by atoms with Crippen molar-refractivity contribution in [2.45, 2.75) is 44.6 Å². The Morgan fingerprint density at radius 2 is 1.82 bits per heavy atom. The van der Waals surface area contributed by atoms with E-state index in [0.29, 0.717) is 26.4 Å². The summed E-state index contributed by atoms with van der Waals surface area (Å²) < 4.78 is 21.6. The normalized spacial score (nSPS) is 28.4. The van der Waals surface area contributed by atoms with Gasteiger partial charge < -0.3 is 24.7 Å². The van der Waals surface area contributed by atoms with Crippen LogP contribution in [0.15, 0.2) is 0 Å². The van der Waals surface area contributed by atoms with Crippen molar-refractivity contribution < 1.29 is 18.9 Å². The Balaban J connectivity index is 2.07. The van der Waals surface area contributed by atoms with Crippen LogP contribution in [-0.2, 0) is 18.9 Å². The van der Waals surface area contributed by atoms with Crippen LogP contribution in [0, 0.1) is 0 Å². The molecule has 0 amide bonds. The summed E-state index contributed by atoms with van der Waals surface area (Å²) in [6.07, 6.45) is 1.22. The Labute approximate surface area is 104 Å². The molecule has 3 atom stereocenters. The Morgan fingerprint density at radius 3 is 2.41 bits per heavy atom. The van der Waals surface area contributed by atoms with Crippen molar-refractivity contribution in [3.63, 3.8) is 0 Å². The zero-order chi connectivity index (χ0) is 12.7. The molecule has 0 saturated heterocycles. The maximum Gasteiger partial charge on any atom is 0.0989 e. The third-order valence-corrected chi connectivity index (χ3v) is 2.76. The van der Waals surface area contributed by atoms with E-state index in [2.05, 4.69) is 0 Å². The van der Waals surface area contributed by atoms with Crippen molar-refractivity contribution in [3.05, 3.63) is 0 Å². The highest BCUT2D eigenvalue weighted by atomic mass is 16.6. The molecule has 1 aliphatic carbocycles. The van der Waals surface area contributed by atoms with Gasteiger partial charge in [-0.3, -0.25) is 0 Å². The van der Waals surface area contributed by atoms with Crippen LogP contribution >= 0.6 is 0 Å². The molecule has 2 N–H and O–H groups in total. The molecule has 1 rings (SSSR count). The summed E-state index contributed by atoms with van der Waals surface area (Å²) in [4.78, 5) is 0. The van der Waals surface area contributed by atoms with Crippen LogP contribution < -0.4 is 5.73 Å². The van der Waals surface area contributed by atoms with Crippen molar-refractivity contribution in [3.8, 4) is 0 Å². The first-order valence-corrected chi connectivity index (χ1v) is 6.24. The molecular weight excluding hydrogens is 222 g/mol. The summed E-state index contributed by atoms with van der Waals surface area (Å²) in [7, 11) is 1.65. The molecule has 0 bridgehead atoms. The molecule has 0 aliphatic heterocycles. The maximum absolute atomic E-state index is 5.87. The van der Waals surface area contributed by atoms with Crippen molar-refractivity contribution in [1.29, 1.82) is 0 Å². The second-order valence-electron chi connectivity index (χ2n) is 4.56. The van der Waals surface area contributed by atoms with Gasteiger partial charge in [0.25, 0.3) is 0 Å². The summed E-state index contributed by atoms with van der Waals surface area (Å²) in [6.45, 7) is 6.39. The molecule has 3 unspecified atom stereocenters. The second-order valence-corrected chi connectivity index (χ2v) is 4.56. The number of methoxy groups -OCH3 is 1. The Bertz CT molecular complexity index is 201. The highest BCUT2D eigenvalue weighted by Gasteiger charge is 2.40. The lowest BCUT2D eigenvalue weighted by Gasteiger charge is -2.41. The molecular formula is C12H25NO4. The van der Waals surface area contributed by atoms with Crippen LogP contribution in [0.5, 0.6) is 0 Å². The van der Waals surface area contributed by atoms with E-state index in [1.165, 1.54) is 0 Å². The molecule has 1 fully saturated rings. The van der Waals surface area contributed by atoms with Gasteiger partial charge in [0, 0.05) is 13.2 Å². The number of hydrogen-bond donors (Lipinski definition) is 1. The summed E-state index contributed by atoms with van der Waals surface area (Å²) in [5.41, 5.74) is 5.87. The molecule has 0 radical (unpaired) electrons. The van der Waals surface area contributed by atoms with E-state index in [-0.39, 0.29) is 24.4 Å². The van der Waals surface area contributed by atoms with Crippen LogP contribution in [0.3, 0.4) is 0 Å². The maximum atomic E-state index is 5.87. The van der Waals surface area contributed by atoms with E-state index >= 15 is 0 Å². The van der Waals surface area contributed by atoms with Crippen LogP contribution in [0.4, 0.5) is 0 Å². The molecule has 5 nitrogen and oxygen atoms in total. The number of rotatable bonds is 9. The fraction of sp³-hybridized carbons (Fsp3) is 1.00. The Hall–Kier alpha value is -0.200. The van der Waals surface area contributed by atoms with Gasteiger partial charge in [-0.25, -0.2) is 0 Å². The first-order valence-electron chi connectivity index (χ1n) is 6.24. The third-order valence-electron chi connectivity index (χ3n) is 2.76. The lowest BCUT2D eigenvalue weighted by Crippen LogP contribution is -2.58. The monoisotopic (exact) mass is 247 g/mol. The van der Waals surface area contributed by atoms with Gasteiger partial charge in [-0.2, -0.15) is 0 Å². The smallest absolute Gasteiger partial charge is 0.0989 e. The summed E-state index contributed by atoms with van der Waals surface area (Å²) in [5.74, 6) is 0. The standard InChI is InChI=1S/C12H25NO4/c1-9(2)15-6-7-16-11-8-10(13)12(11)17-5-4-14-3/h9-12H,4-8,13H2,1-3H3. The summed E-state index contributed by atoms with van der Waals surface area (Å²) in [5, 5.41) is 0. The molecule has 0 spiro atoms. The minimum absolute atomic E-state index is 0.00389. The lowest BCUT2D eigenvalue weighted by atomic mass is 9.86. The van der Waals surface area contributed by atoms with E-state index in [9.17, 15) is 0 Å². The lowest BCUT2D eigenvalue weighted by molar-refractivity contribution is -0.151. The van der Waals surface area contributed by atoms with Gasteiger partial charge in [-0.1, -0.05) is 0 Å². The van der Waals surface area contributed by atoms with E-state index in [1.807, 2.05) is 13.8 Å². The number of hydrogen-bond acceptors (Lipinski definition) is 5. The predicted molar refractivity (Wildman–Crippen MR) is 65.0 cm³/mol. The minimum Gasteiger partial charge on any atom is -0.382 e. The van der Waals surface area contributed by atoms with Gasteiger partial charge in [-0.05, 0) is 20.3 Å². The van der Waals surface area contributed by atoms with Crippen LogP contribution in [-0.4, -0.2) is 57.9 Å². The van der Waals surface area contributed by atoms with E-state index in [0.717, 1.165) is 6.42 Å². The largest absolute Gasteiger partial charge is 0.382 e. The summed E-state index contributed by atoms with van der Waals surface area (Å²) in [6, 6.07) is 0.0860. The van der Waals surface area contributed by atoms with Crippen LogP contribution in [0.2, 0.25) is 0 Å². The van der Waals surface area contributed by atoms with Gasteiger partial charge >= 0.3 is 0 Å². The molecule has 0 aromatic rings. The van der Waals surface area contributed by atoms with Gasteiger partial charge in [0.15, 0.2) is 0 Å². The van der Waals surface area contributed by atoms with Crippen molar-refractivity contribution in [2.75, 3.05) is 33.5 Å². The Kier molecular flexibility index (Phi) is 6.99. The molecule has 102 valence electrons. The zero-order valence-electron chi connectivity index (χ0n) is 11.1. The van der Waals surface area contributed by atoms with Crippen LogP contribution in [0.1, 0.15) is 20.3 Å². The highest BCUT2D eigenvalue weighted by Crippen LogP contribution is 2.25. The van der Waals surface area contributed by atoms with Crippen molar-refractivity contribution in [2.24, 2.45) is 5.73 Å². The van der Waals surface area contributed by atoms with Gasteiger partial charge in [-0.15, -0.1) is 0 Å². The fourth-order valence-electron chi connectivity index (χ4n) is 1.76. The topological polar surface area (TPSA) is 62.9 Å².